The minimum absolute atomic E-state index is 0.0237. The van der Waals surface area contributed by atoms with E-state index in [4.69, 9.17) is 11.6 Å². The third-order valence-corrected chi connectivity index (χ3v) is 3.22. The summed E-state index contributed by atoms with van der Waals surface area (Å²) in [4.78, 5) is 0. The molecule has 0 saturated heterocycles. The van der Waals surface area contributed by atoms with E-state index in [0.717, 1.165) is 12.0 Å². The predicted octanol–water partition coefficient (Wildman–Crippen LogP) is 3.76. The molecule has 0 amide bonds. The summed E-state index contributed by atoms with van der Waals surface area (Å²) < 4.78 is 15.1. The molecule has 0 spiro atoms. The van der Waals surface area contributed by atoms with Gasteiger partial charge in [0.25, 0.3) is 0 Å². The molecule has 0 aliphatic carbocycles. The molecule has 0 aliphatic heterocycles. The van der Waals surface area contributed by atoms with Gasteiger partial charge in [-0.25, -0.2) is 4.39 Å². The lowest BCUT2D eigenvalue weighted by Crippen LogP contribution is -2.02. The Labute approximate surface area is 105 Å². The van der Waals surface area contributed by atoms with Gasteiger partial charge in [-0.1, -0.05) is 25.1 Å². The van der Waals surface area contributed by atoms with Gasteiger partial charge in [0.05, 0.1) is 18.1 Å². The second-order valence-corrected chi connectivity index (χ2v) is 4.47. The molecule has 1 heterocycles. The molecule has 4 heteroatoms. The van der Waals surface area contributed by atoms with Crippen LogP contribution in [0.2, 0.25) is 0 Å². The molecule has 1 aromatic carbocycles. The molecule has 0 fully saturated rings. The number of hydrogen-bond acceptors (Lipinski definition) is 1. The molecule has 2 rings (SSSR count). The Kier molecular flexibility index (Phi) is 3.79. The third-order valence-electron chi connectivity index (χ3n) is 2.66. The highest BCUT2D eigenvalue weighted by molar-refractivity contribution is 6.20. The summed E-state index contributed by atoms with van der Waals surface area (Å²) in [6.07, 6.45) is 4.46. The summed E-state index contributed by atoms with van der Waals surface area (Å²) in [6, 6.07) is 6.71. The third kappa shape index (κ3) is 2.86. The van der Waals surface area contributed by atoms with Crippen molar-refractivity contribution in [3.63, 3.8) is 0 Å². The number of halogens is 2. The molecule has 0 saturated carbocycles. The fourth-order valence-electron chi connectivity index (χ4n) is 1.66. The van der Waals surface area contributed by atoms with Crippen molar-refractivity contribution in [3.05, 3.63) is 53.6 Å². The molecular weight excluding hydrogens is 239 g/mol. The first-order chi connectivity index (χ1) is 8.20. The van der Waals surface area contributed by atoms with Gasteiger partial charge in [-0.3, -0.25) is 4.68 Å². The second kappa shape index (κ2) is 5.32. The molecule has 2 aromatic rings. The molecular formula is C13H14ClFN2. The first kappa shape index (κ1) is 12.1. The lowest BCUT2D eigenvalue weighted by Gasteiger charge is -2.03. The SMILES string of the molecule is CCC(Cl)c1cnn(Cc2ccccc2F)c1. The highest BCUT2D eigenvalue weighted by Gasteiger charge is 2.09. The van der Waals surface area contributed by atoms with Crippen molar-refractivity contribution in [2.75, 3.05) is 0 Å². The van der Waals surface area contributed by atoms with Crippen LogP contribution in [0.3, 0.4) is 0 Å². The van der Waals surface area contributed by atoms with E-state index in [1.165, 1.54) is 6.07 Å². The van der Waals surface area contributed by atoms with E-state index in [-0.39, 0.29) is 11.2 Å². The van der Waals surface area contributed by atoms with Crippen LogP contribution in [0.4, 0.5) is 4.39 Å². The zero-order valence-corrected chi connectivity index (χ0v) is 10.4. The molecule has 1 atom stereocenters. The van der Waals surface area contributed by atoms with E-state index in [9.17, 15) is 4.39 Å². The highest BCUT2D eigenvalue weighted by Crippen LogP contribution is 2.23. The van der Waals surface area contributed by atoms with Crippen molar-refractivity contribution < 1.29 is 4.39 Å². The van der Waals surface area contributed by atoms with Gasteiger partial charge in [0.2, 0.25) is 0 Å². The Bertz CT molecular complexity index is 496. The summed E-state index contributed by atoms with van der Waals surface area (Å²) in [5, 5.41) is 4.16. The minimum atomic E-state index is -0.206. The number of alkyl halides is 1. The van der Waals surface area contributed by atoms with Gasteiger partial charge in [0, 0.05) is 17.3 Å². The van der Waals surface area contributed by atoms with Crippen LogP contribution < -0.4 is 0 Å². The van der Waals surface area contributed by atoms with Crippen LogP contribution in [-0.2, 0) is 6.54 Å². The zero-order valence-electron chi connectivity index (χ0n) is 9.61. The smallest absolute Gasteiger partial charge is 0.128 e. The van der Waals surface area contributed by atoms with Gasteiger partial charge >= 0.3 is 0 Å². The van der Waals surface area contributed by atoms with Gasteiger partial charge in [-0.15, -0.1) is 11.6 Å². The molecule has 2 nitrogen and oxygen atoms in total. The van der Waals surface area contributed by atoms with Gasteiger partial charge < -0.3 is 0 Å². The first-order valence-electron chi connectivity index (χ1n) is 5.60. The van der Waals surface area contributed by atoms with E-state index in [2.05, 4.69) is 5.10 Å². The van der Waals surface area contributed by atoms with Crippen molar-refractivity contribution in [2.45, 2.75) is 25.3 Å². The van der Waals surface area contributed by atoms with Crippen LogP contribution in [0.15, 0.2) is 36.7 Å². The summed E-state index contributed by atoms with van der Waals surface area (Å²) in [6.45, 7) is 2.45. The minimum Gasteiger partial charge on any atom is -0.268 e. The summed E-state index contributed by atoms with van der Waals surface area (Å²) in [7, 11) is 0. The molecule has 90 valence electrons. The molecule has 0 bridgehead atoms. The lowest BCUT2D eigenvalue weighted by molar-refractivity contribution is 0.585. The van der Waals surface area contributed by atoms with Crippen LogP contribution in [-0.4, -0.2) is 9.78 Å². The van der Waals surface area contributed by atoms with Crippen LogP contribution in [0, 0.1) is 5.82 Å². The number of hydrogen-bond donors (Lipinski definition) is 0. The number of rotatable bonds is 4. The zero-order chi connectivity index (χ0) is 12.3. The van der Waals surface area contributed by atoms with Crippen LogP contribution in [0.5, 0.6) is 0 Å². The van der Waals surface area contributed by atoms with Crippen molar-refractivity contribution in [1.29, 1.82) is 0 Å². The van der Waals surface area contributed by atoms with Crippen molar-refractivity contribution in [2.24, 2.45) is 0 Å². The number of aromatic nitrogens is 2. The Balaban J connectivity index is 2.14. The first-order valence-corrected chi connectivity index (χ1v) is 6.04. The lowest BCUT2D eigenvalue weighted by atomic mass is 10.2. The summed E-state index contributed by atoms with van der Waals surface area (Å²) in [5.74, 6) is -0.206. The maximum atomic E-state index is 13.4. The molecule has 0 N–H and O–H groups in total. The topological polar surface area (TPSA) is 17.8 Å². The van der Waals surface area contributed by atoms with Gasteiger partial charge in [0.1, 0.15) is 5.82 Å². The monoisotopic (exact) mass is 252 g/mol. The van der Waals surface area contributed by atoms with E-state index < -0.39 is 0 Å². The Morgan fingerprint density at radius 3 is 2.88 bits per heavy atom. The second-order valence-electron chi connectivity index (χ2n) is 3.94. The van der Waals surface area contributed by atoms with Crippen molar-refractivity contribution >= 4 is 11.6 Å². The molecule has 1 unspecified atom stereocenters. The van der Waals surface area contributed by atoms with E-state index in [1.807, 2.05) is 19.2 Å². The van der Waals surface area contributed by atoms with Crippen molar-refractivity contribution in [3.8, 4) is 0 Å². The maximum Gasteiger partial charge on any atom is 0.128 e. The van der Waals surface area contributed by atoms with Crippen LogP contribution >= 0.6 is 11.6 Å². The van der Waals surface area contributed by atoms with Crippen LogP contribution in [0.1, 0.15) is 29.8 Å². The van der Waals surface area contributed by atoms with E-state index in [1.54, 1.807) is 23.0 Å². The predicted molar refractivity (Wildman–Crippen MR) is 66.6 cm³/mol. The highest BCUT2D eigenvalue weighted by atomic mass is 35.5. The van der Waals surface area contributed by atoms with Crippen molar-refractivity contribution in [1.82, 2.24) is 9.78 Å². The average Bonchev–Trinajstić information content (AvgIpc) is 2.80. The Morgan fingerprint density at radius 2 is 2.18 bits per heavy atom. The largest absolute Gasteiger partial charge is 0.268 e. The Morgan fingerprint density at radius 1 is 1.41 bits per heavy atom. The summed E-state index contributed by atoms with van der Waals surface area (Å²) >= 11 is 6.11. The van der Waals surface area contributed by atoms with Gasteiger partial charge in [0.15, 0.2) is 0 Å². The molecule has 1 aromatic heterocycles. The molecule has 0 aliphatic rings. The van der Waals surface area contributed by atoms with E-state index in [0.29, 0.717) is 12.1 Å². The van der Waals surface area contributed by atoms with Gasteiger partial charge in [-0.2, -0.15) is 5.10 Å². The average molecular weight is 253 g/mol. The fraction of sp³-hybridized carbons (Fsp3) is 0.308. The van der Waals surface area contributed by atoms with Crippen LogP contribution in [0.25, 0.3) is 0 Å². The summed E-state index contributed by atoms with van der Waals surface area (Å²) in [5.41, 5.74) is 1.61. The maximum absolute atomic E-state index is 13.4. The normalized spacial score (nSPS) is 12.6. The van der Waals surface area contributed by atoms with Gasteiger partial charge in [-0.05, 0) is 12.5 Å². The van der Waals surface area contributed by atoms with E-state index >= 15 is 0 Å². The molecule has 0 radical (unpaired) electrons. The standard InChI is InChI=1S/C13H14ClFN2/c1-2-12(14)11-7-16-17(9-11)8-10-5-3-4-6-13(10)15/h3-7,9,12H,2,8H2,1H3. The number of nitrogens with zero attached hydrogens (tertiary/aromatic N) is 2. The number of benzene rings is 1. The fourth-order valence-corrected chi connectivity index (χ4v) is 1.78. The molecule has 17 heavy (non-hydrogen) atoms. The Hall–Kier alpha value is -1.35. The quantitative estimate of drug-likeness (QED) is 0.758.